The summed E-state index contributed by atoms with van der Waals surface area (Å²) in [7, 11) is 1.60. The molecule has 0 aliphatic carbocycles. The van der Waals surface area contributed by atoms with Crippen LogP contribution in [0.25, 0.3) is 0 Å². The highest BCUT2D eigenvalue weighted by molar-refractivity contribution is 4.82. The first kappa shape index (κ1) is 8.80. The quantitative estimate of drug-likeness (QED) is 0.586. The summed E-state index contributed by atoms with van der Waals surface area (Å²) in [6.07, 6.45) is -3.24. The van der Waals surface area contributed by atoms with Crippen molar-refractivity contribution in [1.82, 2.24) is 4.90 Å². The molecule has 0 aromatic heterocycles. The molecule has 1 saturated heterocycles. The van der Waals surface area contributed by atoms with Crippen LogP contribution in [0.1, 0.15) is 6.42 Å². The lowest BCUT2D eigenvalue weighted by atomic mass is 10.4. The molecule has 0 bridgehead atoms. The van der Waals surface area contributed by atoms with Gasteiger partial charge in [0.1, 0.15) is 6.23 Å². The summed E-state index contributed by atoms with van der Waals surface area (Å²) in [5.41, 5.74) is 0. The lowest BCUT2D eigenvalue weighted by molar-refractivity contribution is -0.355. The van der Waals surface area contributed by atoms with Gasteiger partial charge in [-0.1, -0.05) is 0 Å². The van der Waals surface area contributed by atoms with Crippen molar-refractivity contribution in [2.45, 2.75) is 19.0 Å². The Labute approximate surface area is 62.9 Å². The van der Waals surface area contributed by atoms with E-state index in [0.717, 1.165) is 0 Å². The van der Waals surface area contributed by atoms with Crippen molar-refractivity contribution in [2.75, 3.05) is 13.6 Å². The molecule has 1 unspecified atom stereocenters. The van der Waals surface area contributed by atoms with Crippen molar-refractivity contribution in [2.24, 2.45) is 0 Å². The van der Waals surface area contributed by atoms with Gasteiger partial charge >= 0.3 is 6.36 Å². The molecular formula is C6H9F3NO. The number of alkyl halides is 3. The van der Waals surface area contributed by atoms with Gasteiger partial charge in [0.25, 0.3) is 0 Å². The highest BCUT2D eigenvalue weighted by atomic mass is 19.4. The predicted molar refractivity (Wildman–Crippen MR) is 32.5 cm³/mol. The molecule has 5 heteroatoms. The van der Waals surface area contributed by atoms with E-state index in [0.29, 0.717) is 13.0 Å². The lowest BCUT2D eigenvalue weighted by Crippen LogP contribution is -2.33. The van der Waals surface area contributed by atoms with Crippen molar-refractivity contribution in [1.29, 1.82) is 0 Å². The Morgan fingerprint density at radius 1 is 1.55 bits per heavy atom. The van der Waals surface area contributed by atoms with Crippen LogP contribution >= 0.6 is 0 Å². The number of nitrogens with zero attached hydrogens (tertiary/aromatic N) is 1. The zero-order valence-corrected chi connectivity index (χ0v) is 6.06. The van der Waals surface area contributed by atoms with Crippen LogP contribution in [0.3, 0.4) is 0 Å². The smallest absolute Gasteiger partial charge is 0.281 e. The highest BCUT2D eigenvalue weighted by Gasteiger charge is 2.36. The molecule has 0 aromatic carbocycles. The fraction of sp³-hybridized carbons (Fsp3) is 0.833. The maximum Gasteiger partial charge on any atom is 0.524 e. The zero-order chi connectivity index (χ0) is 8.48. The summed E-state index contributed by atoms with van der Waals surface area (Å²) >= 11 is 0. The molecule has 0 aromatic rings. The van der Waals surface area contributed by atoms with Crippen molar-refractivity contribution >= 4 is 0 Å². The number of hydrogen-bond acceptors (Lipinski definition) is 2. The second-order valence-corrected chi connectivity index (χ2v) is 2.48. The predicted octanol–water partition coefficient (Wildman–Crippen LogP) is 1.39. The van der Waals surface area contributed by atoms with E-state index >= 15 is 0 Å². The monoisotopic (exact) mass is 168 g/mol. The molecule has 1 aliphatic rings. The van der Waals surface area contributed by atoms with E-state index < -0.39 is 12.6 Å². The average molecular weight is 168 g/mol. The normalized spacial score (nSPS) is 27.8. The molecule has 0 amide bonds. The molecule has 1 atom stereocenters. The number of likely N-dealkylation sites (tertiary alicyclic amines) is 1. The average Bonchev–Trinajstić information content (AvgIpc) is 2.12. The first-order valence-corrected chi connectivity index (χ1v) is 3.25. The summed E-state index contributed by atoms with van der Waals surface area (Å²) in [6.45, 7) is 0.556. The van der Waals surface area contributed by atoms with Crippen molar-refractivity contribution in [3.05, 3.63) is 6.42 Å². The SMILES string of the molecule is CN1C[CH]CC1OC(F)(F)F. The highest BCUT2D eigenvalue weighted by Crippen LogP contribution is 2.24. The maximum absolute atomic E-state index is 11.6. The molecule has 2 nitrogen and oxygen atoms in total. The van der Waals surface area contributed by atoms with Gasteiger partial charge in [-0.3, -0.25) is 9.64 Å². The summed E-state index contributed by atoms with van der Waals surface area (Å²) in [5.74, 6) is 0. The molecule has 1 fully saturated rings. The van der Waals surface area contributed by atoms with E-state index in [-0.39, 0.29) is 0 Å². The van der Waals surface area contributed by atoms with Crippen molar-refractivity contribution in [3.8, 4) is 0 Å². The number of halogens is 3. The first-order valence-electron chi connectivity index (χ1n) is 3.25. The lowest BCUT2D eigenvalue weighted by Gasteiger charge is -2.20. The number of ether oxygens (including phenoxy) is 1. The summed E-state index contributed by atoms with van der Waals surface area (Å²) in [6, 6.07) is 0. The molecule has 0 spiro atoms. The molecule has 1 rings (SSSR count). The Morgan fingerprint density at radius 3 is 2.55 bits per heavy atom. The van der Waals surface area contributed by atoms with E-state index in [1.165, 1.54) is 4.90 Å². The minimum absolute atomic E-state index is 0.343. The first-order chi connectivity index (χ1) is 4.99. The van der Waals surface area contributed by atoms with Gasteiger partial charge in [-0.25, -0.2) is 0 Å². The number of rotatable bonds is 1. The zero-order valence-electron chi connectivity index (χ0n) is 6.06. The second-order valence-electron chi connectivity index (χ2n) is 2.48. The molecule has 65 valence electrons. The molecule has 0 saturated carbocycles. The van der Waals surface area contributed by atoms with Crippen molar-refractivity contribution < 1.29 is 17.9 Å². The fourth-order valence-corrected chi connectivity index (χ4v) is 1.01. The standard InChI is InChI=1S/C6H9F3NO/c1-10-4-2-3-5(10)11-6(7,8)9/h2,5H,3-4H2,1H3. The van der Waals surface area contributed by atoms with E-state index in [1.54, 1.807) is 13.5 Å². The minimum Gasteiger partial charge on any atom is -0.281 e. The Hall–Kier alpha value is -0.290. The van der Waals surface area contributed by atoms with Crippen LogP contribution in [0.5, 0.6) is 0 Å². The molecular weight excluding hydrogens is 159 g/mol. The van der Waals surface area contributed by atoms with Crippen LogP contribution in [0.4, 0.5) is 13.2 Å². The van der Waals surface area contributed by atoms with Gasteiger partial charge < -0.3 is 0 Å². The summed E-state index contributed by atoms with van der Waals surface area (Å²) < 4.78 is 38.7. The third kappa shape index (κ3) is 2.67. The van der Waals surface area contributed by atoms with Crippen molar-refractivity contribution in [3.63, 3.8) is 0 Å². The van der Waals surface area contributed by atoms with Crippen LogP contribution in [0, 0.1) is 6.42 Å². The van der Waals surface area contributed by atoms with Gasteiger partial charge in [-0.15, -0.1) is 13.2 Å². The number of hydrogen-bond donors (Lipinski definition) is 0. The maximum atomic E-state index is 11.6. The third-order valence-electron chi connectivity index (χ3n) is 1.55. The Morgan fingerprint density at radius 2 is 2.18 bits per heavy atom. The van der Waals surface area contributed by atoms with Gasteiger partial charge in [0, 0.05) is 6.54 Å². The Bertz CT molecular complexity index is 136. The molecule has 1 heterocycles. The van der Waals surface area contributed by atoms with E-state index in [4.69, 9.17) is 0 Å². The van der Waals surface area contributed by atoms with E-state index in [2.05, 4.69) is 4.74 Å². The molecule has 0 N–H and O–H groups in total. The van der Waals surface area contributed by atoms with Gasteiger partial charge in [-0.05, 0) is 19.9 Å². The Balaban J connectivity index is 2.37. The molecule has 1 radical (unpaired) electrons. The fourth-order valence-electron chi connectivity index (χ4n) is 1.01. The van der Waals surface area contributed by atoms with Crippen LogP contribution in [-0.4, -0.2) is 31.1 Å². The van der Waals surface area contributed by atoms with Gasteiger partial charge in [0.2, 0.25) is 0 Å². The van der Waals surface area contributed by atoms with Crippen LogP contribution in [-0.2, 0) is 4.74 Å². The van der Waals surface area contributed by atoms with Gasteiger partial charge in [-0.2, -0.15) is 0 Å². The van der Waals surface area contributed by atoms with Crippen LogP contribution < -0.4 is 0 Å². The molecule has 11 heavy (non-hydrogen) atoms. The summed E-state index contributed by atoms with van der Waals surface area (Å²) in [5, 5.41) is 0. The van der Waals surface area contributed by atoms with E-state index in [1.807, 2.05) is 0 Å². The second kappa shape index (κ2) is 2.98. The topological polar surface area (TPSA) is 12.5 Å². The van der Waals surface area contributed by atoms with Crippen LogP contribution in [0.15, 0.2) is 0 Å². The summed E-state index contributed by atoms with van der Waals surface area (Å²) in [4.78, 5) is 1.51. The molecule has 1 aliphatic heterocycles. The minimum atomic E-state index is -4.52. The third-order valence-corrected chi connectivity index (χ3v) is 1.55. The van der Waals surface area contributed by atoms with Gasteiger partial charge in [0.15, 0.2) is 0 Å². The largest absolute Gasteiger partial charge is 0.524 e. The van der Waals surface area contributed by atoms with Crippen LogP contribution in [0.2, 0.25) is 0 Å². The van der Waals surface area contributed by atoms with E-state index in [9.17, 15) is 13.2 Å². The van der Waals surface area contributed by atoms with Gasteiger partial charge in [0.05, 0.1) is 0 Å². The Kier molecular flexibility index (Phi) is 2.39.